The highest BCUT2D eigenvalue weighted by Crippen LogP contribution is 2.17. The van der Waals surface area contributed by atoms with Crippen LogP contribution in [-0.2, 0) is 16.1 Å². The third-order valence-electron chi connectivity index (χ3n) is 4.87. The van der Waals surface area contributed by atoms with Crippen LogP contribution in [0, 0.1) is 5.82 Å². The summed E-state index contributed by atoms with van der Waals surface area (Å²) in [5.41, 5.74) is 0.832. The molecule has 0 aliphatic rings. The van der Waals surface area contributed by atoms with Crippen LogP contribution in [0.2, 0.25) is 0 Å². The number of carbonyl (C=O) groups excluding carboxylic acids is 2. The fourth-order valence-corrected chi connectivity index (χ4v) is 2.76. The number of ether oxygens (including phenoxy) is 2. The molecule has 0 radical (unpaired) electrons. The molecule has 0 aromatic heterocycles. The molecular weight excluding hydrogens is 387 g/mol. The molecule has 0 fully saturated rings. The van der Waals surface area contributed by atoms with Crippen LogP contribution in [0.5, 0.6) is 11.5 Å². The van der Waals surface area contributed by atoms with E-state index in [-0.39, 0.29) is 30.9 Å². The lowest BCUT2D eigenvalue weighted by Crippen LogP contribution is -2.50. The molecule has 0 aliphatic carbocycles. The van der Waals surface area contributed by atoms with E-state index in [0.717, 1.165) is 12.0 Å². The van der Waals surface area contributed by atoms with E-state index >= 15 is 0 Å². The summed E-state index contributed by atoms with van der Waals surface area (Å²) in [6.07, 6.45) is 0.779. The average molecular weight is 416 g/mol. The Bertz CT molecular complexity index is 841. The third kappa shape index (κ3) is 6.47. The van der Waals surface area contributed by atoms with Crippen LogP contribution in [-0.4, -0.2) is 42.5 Å². The van der Waals surface area contributed by atoms with Gasteiger partial charge in [-0.15, -0.1) is 0 Å². The monoisotopic (exact) mass is 416 g/mol. The second-order valence-electron chi connectivity index (χ2n) is 7.08. The summed E-state index contributed by atoms with van der Waals surface area (Å²) in [6, 6.07) is 12.4. The minimum atomic E-state index is -0.724. The van der Waals surface area contributed by atoms with E-state index < -0.39 is 17.8 Å². The maximum absolute atomic E-state index is 13.8. The first-order valence-corrected chi connectivity index (χ1v) is 9.95. The standard InChI is InChI=1S/C23H29FN2O4/c1-5-16(2)25-23(28)17(3)26(14-18-10-12-19(29-4)13-11-18)22(27)15-30-21-9-7-6-8-20(21)24/h6-13,16-17H,5,14-15H2,1-4H3,(H,25,28)/t16-,17-/m1/s1. The number of carbonyl (C=O) groups is 2. The molecule has 6 nitrogen and oxygen atoms in total. The van der Waals surface area contributed by atoms with Crippen LogP contribution in [0.3, 0.4) is 0 Å². The van der Waals surface area contributed by atoms with Gasteiger partial charge in [0.2, 0.25) is 5.91 Å². The molecular formula is C23H29FN2O4. The molecule has 162 valence electrons. The van der Waals surface area contributed by atoms with Crippen molar-refractivity contribution in [3.63, 3.8) is 0 Å². The third-order valence-corrected chi connectivity index (χ3v) is 4.87. The van der Waals surface area contributed by atoms with Crippen molar-refractivity contribution in [2.45, 2.75) is 45.8 Å². The lowest BCUT2D eigenvalue weighted by molar-refractivity contribution is -0.142. The summed E-state index contributed by atoms with van der Waals surface area (Å²) in [5, 5.41) is 2.90. The lowest BCUT2D eigenvalue weighted by Gasteiger charge is -2.29. The zero-order valence-corrected chi connectivity index (χ0v) is 17.9. The maximum Gasteiger partial charge on any atom is 0.261 e. The van der Waals surface area contributed by atoms with Crippen molar-refractivity contribution in [2.75, 3.05) is 13.7 Å². The molecule has 30 heavy (non-hydrogen) atoms. The molecule has 0 spiro atoms. The fraction of sp³-hybridized carbons (Fsp3) is 0.391. The van der Waals surface area contributed by atoms with Gasteiger partial charge in [0, 0.05) is 12.6 Å². The molecule has 2 aromatic carbocycles. The molecule has 0 saturated carbocycles. The highest BCUT2D eigenvalue weighted by Gasteiger charge is 2.27. The lowest BCUT2D eigenvalue weighted by atomic mass is 10.1. The molecule has 0 heterocycles. The first-order valence-electron chi connectivity index (χ1n) is 9.95. The fourth-order valence-electron chi connectivity index (χ4n) is 2.76. The SMILES string of the molecule is CC[C@@H](C)NC(=O)[C@@H](C)N(Cc1ccc(OC)cc1)C(=O)COc1ccccc1F. The van der Waals surface area contributed by atoms with E-state index in [1.165, 1.54) is 17.0 Å². The highest BCUT2D eigenvalue weighted by atomic mass is 19.1. The van der Waals surface area contributed by atoms with Crippen molar-refractivity contribution >= 4 is 11.8 Å². The quantitative estimate of drug-likeness (QED) is 0.643. The van der Waals surface area contributed by atoms with Crippen molar-refractivity contribution < 1.29 is 23.5 Å². The van der Waals surface area contributed by atoms with Gasteiger partial charge < -0.3 is 19.7 Å². The van der Waals surface area contributed by atoms with Gasteiger partial charge in [0.25, 0.3) is 5.91 Å². The number of nitrogens with one attached hydrogen (secondary N) is 1. The zero-order chi connectivity index (χ0) is 22.1. The maximum atomic E-state index is 13.8. The van der Waals surface area contributed by atoms with Crippen molar-refractivity contribution in [2.24, 2.45) is 0 Å². The molecule has 0 bridgehead atoms. The summed E-state index contributed by atoms with van der Waals surface area (Å²) in [5.74, 6) is -0.526. The Balaban J connectivity index is 2.16. The average Bonchev–Trinajstić information content (AvgIpc) is 2.76. The molecule has 2 atom stereocenters. The van der Waals surface area contributed by atoms with Crippen LogP contribution in [0.1, 0.15) is 32.8 Å². The Labute approximate surface area is 177 Å². The van der Waals surface area contributed by atoms with Gasteiger partial charge in [-0.1, -0.05) is 31.2 Å². The Morgan fingerprint density at radius 3 is 2.37 bits per heavy atom. The Kier molecular flexibility index (Phi) is 8.65. The van der Waals surface area contributed by atoms with E-state index in [9.17, 15) is 14.0 Å². The summed E-state index contributed by atoms with van der Waals surface area (Å²) in [7, 11) is 1.58. The summed E-state index contributed by atoms with van der Waals surface area (Å²) in [4.78, 5) is 27.0. The van der Waals surface area contributed by atoms with Crippen LogP contribution in [0.4, 0.5) is 4.39 Å². The molecule has 2 rings (SSSR count). The van der Waals surface area contributed by atoms with Crippen molar-refractivity contribution in [3.8, 4) is 11.5 Å². The smallest absolute Gasteiger partial charge is 0.261 e. The van der Waals surface area contributed by atoms with E-state index in [4.69, 9.17) is 9.47 Å². The van der Waals surface area contributed by atoms with E-state index in [1.54, 1.807) is 38.3 Å². The molecule has 0 saturated heterocycles. The predicted molar refractivity (Wildman–Crippen MR) is 113 cm³/mol. The second kappa shape index (κ2) is 11.2. The van der Waals surface area contributed by atoms with Crippen LogP contribution >= 0.6 is 0 Å². The number of hydrogen-bond acceptors (Lipinski definition) is 4. The van der Waals surface area contributed by atoms with Gasteiger partial charge in [0.05, 0.1) is 7.11 Å². The summed E-state index contributed by atoms with van der Waals surface area (Å²) < 4.78 is 24.3. The van der Waals surface area contributed by atoms with Gasteiger partial charge >= 0.3 is 0 Å². The highest BCUT2D eigenvalue weighted by molar-refractivity contribution is 5.88. The summed E-state index contributed by atoms with van der Waals surface area (Å²) in [6.45, 7) is 5.37. The van der Waals surface area contributed by atoms with E-state index in [0.29, 0.717) is 5.75 Å². The van der Waals surface area contributed by atoms with Crippen molar-refractivity contribution in [1.29, 1.82) is 0 Å². The normalized spacial score (nSPS) is 12.6. The van der Waals surface area contributed by atoms with Gasteiger partial charge in [-0.25, -0.2) is 4.39 Å². The number of halogens is 1. The largest absolute Gasteiger partial charge is 0.497 e. The van der Waals surface area contributed by atoms with Gasteiger partial charge in [-0.2, -0.15) is 0 Å². The van der Waals surface area contributed by atoms with Crippen LogP contribution < -0.4 is 14.8 Å². The Morgan fingerprint density at radius 1 is 1.10 bits per heavy atom. The minimum absolute atomic E-state index is 0.00690. The molecule has 1 N–H and O–H groups in total. The Morgan fingerprint density at radius 2 is 1.77 bits per heavy atom. The van der Waals surface area contributed by atoms with Crippen LogP contribution in [0.15, 0.2) is 48.5 Å². The van der Waals surface area contributed by atoms with Gasteiger partial charge in [0.1, 0.15) is 11.8 Å². The number of nitrogens with zero attached hydrogens (tertiary/aromatic N) is 1. The molecule has 0 unspecified atom stereocenters. The second-order valence-corrected chi connectivity index (χ2v) is 7.08. The molecule has 2 aromatic rings. The number of amides is 2. The number of rotatable bonds is 10. The number of benzene rings is 2. The molecule has 0 aliphatic heterocycles. The van der Waals surface area contributed by atoms with Gasteiger partial charge in [-0.05, 0) is 50.1 Å². The van der Waals surface area contributed by atoms with Crippen molar-refractivity contribution in [1.82, 2.24) is 10.2 Å². The van der Waals surface area contributed by atoms with Crippen molar-refractivity contribution in [3.05, 3.63) is 59.9 Å². The van der Waals surface area contributed by atoms with E-state index in [1.807, 2.05) is 26.0 Å². The minimum Gasteiger partial charge on any atom is -0.497 e. The topological polar surface area (TPSA) is 67.9 Å². The van der Waals surface area contributed by atoms with Gasteiger partial charge in [0.15, 0.2) is 18.2 Å². The zero-order valence-electron chi connectivity index (χ0n) is 17.9. The first-order chi connectivity index (χ1) is 14.3. The molecule has 2 amide bonds. The van der Waals surface area contributed by atoms with Gasteiger partial charge in [-0.3, -0.25) is 9.59 Å². The number of para-hydroxylation sites is 1. The summed E-state index contributed by atoms with van der Waals surface area (Å²) >= 11 is 0. The predicted octanol–water partition coefficient (Wildman–Crippen LogP) is 3.55. The van der Waals surface area contributed by atoms with E-state index in [2.05, 4.69) is 5.32 Å². The van der Waals surface area contributed by atoms with Crippen LogP contribution in [0.25, 0.3) is 0 Å². The first kappa shape index (κ1) is 23.2. The number of methoxy groups -OCH3 is 1. The Hall–Kier alpha value is -3.09. The molecule has 7 heteroatoms. The number of hydrogen-bond donors (Lipinski definition) is 1.